The number of halogens is 3. The van der Waals surface area contributed by atoms with E-state index in [-0.39, 0.29) is 0 Å². The molecule has 6 heteroatoms. The molecule has 3 aromatic rings. The van der Waals surface area contributed by atoms with Crippen LogP contribution < -0.4 is 5.32 Å². The maximum atomic E-state index is 6.39. The second kappa shape index (κ2) is 6.00. The van der Waals surface area contributed by atoms with Gasteiger partial charge in [0.1, 0.15) is 11.5 Å². The van der Waals surface area contributed by atoms with E-state index in [0.29, 0.717) is 10.0 Å². The minimum absolute atomic E-state index is 0.625. The molecule has 0 aliphatic carbocycles. The normalized spacial score (nSPS) is 13.0. The van der Waals surface area contributed by atoms with Gasteiger partial charge in [0.25, 0.3) is 0 Å². The SMILES string of the molecule is Clc1cccc(Cl)c1-c1nn(-c2ccc(I)cc2)c2c1CCN2. The van der Waals surface area contributed by atoms with Crippen LogP contribution in [-0.2, 0) is 6.42 Å². The van der Waals surface area contributed by atoms with E-state index in [4.69, 9.17) is 28.3 Å². The van der Waals surface area contributed by atoms with Crippen molar-refractivity contribution in [1.29, 1.82) is 0 Å². The van der Waals surface area contributed by atoms with Crippen molar-refractivity contribution >= 4 is 51.6 Å². The van der Waals surface area contributed by atoms with Gasteiger partial charge in [0.05, 0.1) is 15.7 Å². The minimum atomic E-state index is 0.625. The number of nitrogens with one attached hydrogen (secondary N) is 1. The summed E-state index contributed by atoms with van der Waals surface area (Å²) in [6, 6.07) is 13.8. The van der Waals surface area contributed by atoms with Gasteiger partial charge in [0.15, 0.2) is 0 Å². The Balaban J connectivity index is 1.93. The molecule has 2 aromatic carbocycles. The molecule has 0 bridgehead atoms. The maximum Gasteiger partial charge on any atom is 0.133 e. The zero-order valence-electron chi connectivity index (χ0n) is 12.0. The quantitative estimate of drug-likeness (QED) is 0.523. The molecule has 1 aromatic heterocycles. The molecule has 2 heterocycles. The van der Waals surface area contributed by atoms with E-state index in [1.165, 1.54) is 9.13 Å². The van der Waals surface area contributed by atoms with Crippen LogP contribution in [0.3, 0.4) is 0 Å². The van der Waals surface area contributed by atoms with Crippen molar-refractivity contribution in [2.75, 3.05) is 11.9 Å². The number of benzene rings is 2. The molecule has 0 unspecified atom stereocenters. The zero-order valence-corrected chi connectivity index (χ0v) is 15.7. The van der Waals surface area contributed by atoms with E-state index in [0.717, 1.165) is 35.7 Å². The first-order valence-electron chi connectivity index (χ1n) is 7.21. The van der Waals surface area contributed by atoms with E-state index in [1.807, 2.05) is 22.9 Å². The molecular weight excluding hydrogens is 444 g/mol. The highest BCUT2D eigenvalue weighted by atomic mass is 127. The highest BCUT2D eigenvalue weighted by Gasteiger charge is 2.26. The molecule has 23 heavy (non-hydrogen) atoms. The van der Waals surface area contributed by atoms with Crippen molar-refractivity contribution in [1.82, 2.24) is 9.78 Å². The lowest BCUT2D eigenvalue weighted by Crippen LogP contribution is -2.04. The van der Waals surface area contributed by atoms with Crippen LogP contribution in [0.1, 0.15) is 5.56 Å². The topological polar surface area (TPSA) is 29.9 Å². The summed E-state index contributed by atoms with van der Waals surface area (Å²) in [7, 11) is 0. The lowest BCUT2D eigenvalue weighted by Gasteiger charge is -2.07. The monoisotopic (exact) mass is 455 g/mol. The van der Waals surface area contributed by atoms with E-state index in [2.05, 4.69) is 52.2 Å². The fourth-order valence-electron chi connectivity index (χ4n) is 2.87. The summed E-state index contributed by atoms with van der Waals surface area (Å²) in [5.41, 5.74) is 3.85. The van der Waals surface area contributed by atoms with Gasteiger partial charge < -0.3 is 5.32 Å². The standard InChI is InChI=1S/C17H12Cl2IN3/c18-13-2-1-3-14(19)15(13)16-12-8-9-21-17(12)23(22-16)11-6-4-10(20)5-7-11/h1-7,21H,8-9H2. The summed E-state index contributed by atoms with van der Waals surface area (Å²) in [6.45, 7) is 0.895. The number of rotatable bonds is 2. The van der Waals surface area contributed by atoms with Gasteiger partial charge in [-0.3, -0.25) is 0 Å². The van der Waals surface area contributed by atoms with Crippen LogP contribution >= 0.6 is 45.8 Å². The molecule has 0 fully saturated rings. The Bertz CT molecular complexity index is 867. The Morgan fingerprint density at radius 3 is 2.43 bits per heavy atom. The molecule has 3 nitrogen and oxygen atoms in total. The lowest BCUT2D eigenvalue weighted by atomic mass is 10.1. The van der Waals surface area contributed by atoms with Crippen LogP contribution in [0.15, 0.2) is 42.5 Å². The van der Waals surface area contributed by atoms with E-state index in [9.17, 15) is 0 Å². The highest BCUT2D eigenvalue weighted by molar-refractivity contribution is 14.1. The van der Waals surface area contributed by atoms with Gasteiger partial charge in [-0.1, -0.05) is 29.3 Å². The number of aromatic nitrogens is 2. The van der Waals surface area contributed by atoms with Crippen molar-refractivity contribution in [2.24, 2.45) is 0 Å². The first kappa shape index (κ1) is 15.3. The van der Waals surface area contributed by atoms with Crippen molar-refractivity contribution in [3.05, 3.63) is 61.6 Å². The summed E-state index contributed by atoms with van der Waals surface area (Å²) in [5, 5.41) is 9.48. The molecule has 116 valence electrons. The second-order valence-electron chi connectivity index (χ2n) is 5.34. The van der Waals surface area contributed by atoms with Crippen LogP contribution in [0.2, 0.25) is 10.0 Å². The van der Waals surface area contributed by atoms with Gasteiger partial charge in [-0.05, 0) is 65.4 Å². The van der Waals surface area contributed by atoms with Crippen LogP contribution in [-0.4, -0.2) is 16.3 Å². The third-order valence-corrected chi connectivity index (χ3v) is 5.27. The molecule has 1 aliphatic heterocycles. The number of hydrogen-bond donors (Lipinski definition) is 1. The van der Waals surface area contributed by atoms with Gasteiger partial charge in [0, 0.05) is 21.2 Å². The summed E-state index contributed by atoms with van der Waals surface area (Å²) in [4.78, 5) is 0. The molecule has 0 saturated carbocycles. The van der Waals surface area contributed by atoms with Crippen molar-refractivity contribution in [2.45, 2.75) is 6.42 Å². The number of anilines is 1. The first-order valence-corrected chi connectivity index (χ1v) is 9.04. The van der Waals surface area contributed by atoms with Crippen molar-refractivity contribution in [3.8, 4) is 16.9 Å². The predicted molar refractivity (Wildman–Crippen MR) is 104 cm³/mol. The smallest absolute Gasteiger partial charge is 0.133 e. The predicted octanol–water partition coefficient (Wildman–Crippen LogP) is 5.42. The Hall–Kier alpha value is -1.24. The average Bonchev–Trinajstić information content (AvgIpc) is 3.12. The summed E-state index contributed by atoms with van der Waals surface area (Å²) in [5.74, 6) is 1.03. The fourth-order valence-corrected chi connectivity index (χ4v) is 3.80. The summed E-state index contributed by atoms with van der Waals surface area (Å²) >= 11 is 15.1. The van der Waals surface area contributed by atoms with Crippen molar-refractivity contribution in [3.63, 3.8) is 0 Å². The van der Waals surface area contributed by atoms with Crippen LogP contribution in [0.25, 0.3) is 16.9 Å². The maximum absolute atomic E-state index is 6.39. The van der Waals surface area contributed by atoms with Gasteiger partial charge in [-0.25, -0.2) is 4.68 Å². The average molecular weight is 456 g/mol. The molecule has 0 atom stereocenters. The minimum Gasteiger partial charge on any atom is -0.369 e. The largest absolute Gasteiger partial charge is 0.369 e. The molecule has 1 N–H and O–H groups in total. The fraction of sp³-hybridized carbons (Fsp3) is 0.118. The Morgan fingerprint density at radius 1 is 1.04 bits per heavy atom. The van der Waals surface area contributed by atoms with E-state index < -0.39 is 0 Å². The molecule has 0 saturated heterocycles. The third-order valence-electron chi connectivity index (χ3n) is 3.92. The Morgan fingerprint density at radius 2 is 1.74 bits per heavy atom. The van der Waals surface area contributed by atoms with Gasteiger partial charge >= 0.3 is 0 Å². The van der Waals surface area contributed by atoms with E-state index >= 15 is 0 Å². The van der Waals surface area contributed by atoms with Crippen LogP contribution in [0.4, 0.5) is 5.82 Å². The molecule has 0 spiro atoms. The first-order chi connectivity index (χ1) is 11.1. The number of nitrogens with zero attached hydrogens (tertiary/aromatic N) is 2. The van der Waals surface area contributed by atoms with Crippen LogP contribution in [0, 0.1) is 3.57 Å². The molecular formula is C17H12Cl2IN3. The lowest BCUT2D eigenvalue weighted by molar-refractivity contribution is 0.882. The van der Waals surface area contributed by atoms with Gasteiger partial charge in [0.2, 0.25) is 0 Å². The Labute approximate surface area is 157 Å². The highest BCUT2D eigenvalue weighted by Crippen LogP contribution is 2.40. The molecule has 4 rings (SSSR count). The van der Waals surface area contributed by atoms with Gasteiger partial charge in [-0.15, -0.1) is 0 Å². The summed E-state index contributed by atoms with van der Waals surface area (Å²) < 4.78 is 3.13. The van der Waals surface area contributed by atoms with Crippen molar-refractivity contribution < 1.29 is 0 Å². The third kappa shape index (κ3) is 2.62. The number of fused-ring (bicyclic) bond motifs is 1. The molecule has 0 amide bonds. The number of hydrogen-bond acceptors (Lipinski definition) is 2. The van der Waals surface area contributed by atoms with Gasteiger partial charge in [-0.2, -0.15) is 5.10 Å². The molecule has 0 radical (unpaired) electrons. The van der Waals surface area contributed by atoms with E-state index in [1.54, 1.807) is 0 Å². The van der Waals surface area contributed by atoms with Crippen LogP contribution in [0.5, 0.6) is 0 Å². The summed E-state index contributed by atoms with van der Waals surface area (Å²) in [6.07, 6.45) is 0.913. The second-order valence-corrected chi connectivity index (χ2v) is 7.40. The zero-order chi connectivity index (χ0) is 16.0. The Kier molecular flexibility index (Phi) is 3.99. The molecule has 1 aliphatic rings.